The second kappa shape index (κ2) is 25.9. The van der Waals surface area contributed by atoms with Crippen molar-refractivity contribution >= 4 is 17.9 Å². The number of aliphatic carboxylic acids is 3. The number of aliphatic hydroxyl groups excluding tert-OH is 3. The number of hydrogen-bond acceptors (Lipinski definition) is 6. The number of carbonyl (C=O) groups is 3. The molecule has 1 atom stereocenters. The van der Waals surface area contributed by atoms with E-state index in [0.717, 1.165) is 51.4 Å². The molecule has 0 aromatic rings. The maximum Gasteiger partial charge on any atom is 0.303 e. The van der Waals surface area contributed by atoms with Crippen molar-refractivity contribution in [2.24, 2.45) is 5.41 Å². The Bertz CT molecular complexity index is 469. The fourth-order valence-electron chi connectivity index (χ4n) is 3.56. The fraction of sp³-hybridized carbons (Fsp3) is 0.880. The molecule has 0 aliphatic rings. The quantitative estimate of drug-likeness (QED) is 0.142. The lowest BCUT2D eigenvalue weighted by molar-refractivity contribution is -0.138. The first-order valence-electron chi connectivity index (χ1n) is 12.6. The van der Waals surface area contributed by atoms with Crippen molar-refractivity contribution in [3.8, 4) is 0 Å². The highest BCUT2D eigenvalue weighted by Gasteiger charge is 2.31. The second-order valence-electron chi connectivity index (χ2n) is 8.70. The van der Waals surface area contributed by atoms with Crippen LogP contribution in [0.1, 0.15) is 117 Å². The van der Waals surface area contributed by atoms with Crippen molar-refractivity contribution in [3.63, 3.8) is 0 Å². The molecule has 34 heavy (non-hydrogen) atoms. The minimum Gasteiger partial charge on any atom is -0.481 e. The summed E-state index contributed by atoms with van der Waals surface area (Å²) < 4.78 is 0. The molecule has 0 aliphatic heterocycles. The lowest BCUT2D eigenvalue weighted by atomic mass is 9.73. The van der Waals surface area contributed by atoms with Crippen molar-refractivity contribution in [1.82, 2.24) is 0 Å². The van der Waals surface area contributed by atoms with Crippen LogP contribution in [0.2, 0.25) is 0 Å². The normalized spacial score (nSPS) is 11.5. The maximum absolute atomic E-state index is 10.8. The highest BCUT2D eigenvalue weighted by atomic mass is 16.4. The van der Waals surface area contributed by atoms with Gasteiger partial charge in [-0.3, -0.25) is 14.4 Å². The zero-order chi connectivity index (χ0) is 26.8. The summed E-state index contributed by atoms with van der Waals surface area (Å²) in [5.74, 6) is -2.38. The molecule has 0 aromatic carbocycles. The standard InChI is InChI=1S/C21H38O7.2C2H6O/c1-21(15-9-3-7-13-19(25)26,16-10-4-8-14-20(27)28)17(22)11-5-2-6-12-18(23)24;2*1-2-3/h17,22H,2-16H2,1H3,(H,23,24)(H,25,26)(H,27,28);2*3H,2H2,1H3. The summed E-state index contributed by atoms with van der Waals surface area (Å²) >= 11 is 0. The van der Waals surface area contributed by atoms with Crippen molar-refractivity contribution < 1.29 is 45.0 Å². The van der Waals surface area contributed by atoms with Crippen molar-refractivity contribution in [2.45, 2.75) is 123 Å². The number of rotatable bonds is 19. The van der Waals surface area contributed by atoms with Crippen LogP contribution < -0.4 is 0 Å². The van der Waals surface area contributed by atoms with Gasteiger partial charge in [-0.05, 0) is 57.8 Å². The van der Waals surface area contributed by atoms with E-state index in [1.54, 1.807) is 13.8 Å². The van der Waals surface area contributed by atoms with Gasteiger partial charge in [-0.15, -0.1) is 0 Å². The molecule has 0 saturated heterocycles. The van der Waals surface area contributed by atoms with Gasteiger partial charge < -0.3 is 30.6 Å². The number of carboxylic acid groups (broad SMARTS) is 3. The average molecular weight is 495 g/mol. The number of carboxylic acids is 3. The minimum absolute atomic E-state index is 0.153. The summed E-state index contributed by atoms with van der Waals surface area (Å²) in [5.41, 5.74) is -0.279. The summed E-state index contributed by atoms with van der Waals surface area (Å²) in [5, 5.41) is 52.0. The van der Waals surface area contributed by atoms with E-state index in [4.69, 9.17) is 25.5 Å². The van der Waals surface area contributed by atoms with Crippen LogP contribution in [0.5, 0.6) is 0 Å². The van der Waals surface area contributed by atoms with Crippen LogP contribution in [0.4, 0.5) is 0 Å². The lowest BCUT2D eigenvalue weighted by Crippen LogP contribution is -2.32. The SMILES string of the molecule is CC(CCCCCC(=O)O)(CCCCCC(=O)O)C(O)CCCCCC(=O)O.CCO.CCO. The number of unbranched alkanes of at least 4 members (excludes halogenated alkanes) is 6. The van der Waals surface area contributed by atoms with Gasteiger partial charge in [0, 0.05) is 32.5 Å². The summed E-state index contributed by atoms with van der Waals surface area (Å²) in [7, 11) is 0. The molecule has 0 bridgehead atoms. The number of aliphatic hydroxyl groups is 3. The summed E-state index contributed by atoms with van der Waals surface area (Å²) in [6.45, 7) is 5.92. The molecule has 0 aromatic heterocycles. The Labute approximate surface area is 205 Å². The molecular weight excluding hydrogens is 444 g/mol. The van der Waals surface area contributed by atoms with Gasteiger partial charge >= 0.3 is 17.9 Å². The molecule has 0 saturated carbocycles. The van der Waals surface area contributed by atoms with Crippen LogP contribution in [0, 0.1) is 5.41 Å². The minimum atomic E-state index is -0.798. The smallest absolute Gasteiger partial charge is 0.303 e. The third kappa shape index (κ3) is 28.3. The Balaban J connectivity index is -0.00000143. The Kier molecular flexibility index (Phi) is 28.1. The molecule has 0 amide bonds. The molecule has 0 heterocycles. The molecule has 0 radical (unpaired) electrons. The van der Waals surface area contributed by atoms with E-state index in [2.05, 4.69) is 6.92 Å². The number of hydrogen-bond donors (Lipinski definition) is 6. The van der Waals surface area contributed by atoms with Crippen molar-refractivity contribution in [3.05, 3.63) is 0 Å². The van der Waals surface area contributed by atoms with Gasteiger partial charge in [0.25, 0.3) is 0 Å². The van der Waals surface area contributed by atoms with Gasteiger partial charge in [0.1, 0.15) is 0 Å². The summed E-state index contributed by atoms with van der Waals surface area (Å²) in [4.78, 5) is 31.8. The molecule has 9 nitrogen and oxygen atoms in total. The van der Waals surface area contributed by atoms with Gasteiger partial charge in [0.05, 0.1) is 6.10 Å². The van der Waals surface area contributed by atoms with Crippen LogP contribution in [0.25, 0.3) is 0 Å². The fourth-order valence-corrected chi connectivity index (χ4v) is 3.56. The Morgan fingerprint density at radius 3 is 1.21 bits per heavy atom. The largest absolute Gasteiger partial charge is 0.481 e. The van der Waals surface area contributed by atoms with Crippen molar-refractivity contribution in [2.75, 3.05) is 13.2 Å². The van der Waals surface area contributed by atoms with E-state index in [1.807, 2.05) is 0 Å². The molecule has 0 fully saturated rings. The van der Waals surface area contributed by atoms with E-state index < -0.39 is 24.0 Å². The van der Waals surface area contributed by atoms with Crippen LogP contribution in [-0.2, 0) is 14.4 Å². The van der Waals surface area contributed by atoms with E-state index >= 15 is 0 Å². The van der Waals surface area contributed by atoms with E-state index in [9.17, 15) is 19.5 Å². The third-order valence-corrected chi connectivity index (χ3v) is 5.45. The Morgan fingerprint density at radius 2 is 0.912 bits per heavy atom. The second-order valence-corrected chi connectivity index (χ2v) is 8.70. The monoisotopic (exact) mass is 494 g/mol. The van der Waals surface area contributed by atoms with Crippen LogP contribution in [0.3, 0.4) is 0 Å². The molecule has 9 heteroatoms. The highest BCUT2D eigenvalue weighted by molar-refractivity contribution is 5.67. The molecule has 0 spiro atoms. The van der Waals surface area contributed by atoms with Gasteiger partial charge in [-0.1, -0.05) is 45.4 Å². The molecule has 0 aliphatic carbocycles. The van der Waals surface area contributed by atoms with Gasteiger partial charge in [0.15, 0.2) is 0 Å². The summed E-state index contributed by atoms with van der Waals surface area (Å²) in [6, 6.07) is 0. The molecule has 6 N–H and O–H groups in total. The van der Waals surface area contributed by atoms with Crippen LogP contribution >= 0.6 is 0 Å². The van der Waals surface area contributed by atoms with Gasteiger partial charge in [-0.25, -0.2) is 0 Å². The zero-order valence-corrected chi connectivity index (χ0v) is 21.5. The Hall–Kier alpha value is -1.71. The van der Waals surface area contributed by atoms with E-state index in [-0.39, 0.29) is 37.9 Å². The highest BCUT2D eigenvalue weighted by Crippen LogP contribution is 2.37. The first kappa shape index (κ1) is 36.9. The third-order valence-electron chi connectivity index (χ3n) is 5.45. The first-order valence-corrected chi connectivity index (χ1v) is 12.6. The van der Waals surface area contributed by atoms with Gasteiger partial charge in [0.2, 0.25) is 0 Å². The molecule has 204 valence electrons. The Morgan fingerprint density at radius 1 is 0.618 bits per heavy atom. The lowest BCUT2D eigenvalue weighted by Gasteiger charge is -2.35. The van der Waals surface area contributed by atoms with E-state index in [0.29, 0.717) is 25.7 Å². The molecule has 0 rings (SSSR count). The molecular formula is C25H50O9. The predicted octanol–water partition coefficient (Wildman–Crippen LogP) is 4.46. The van der Waals surface area contributed by atoms with Crippen LogP contribution in [-0.4, -0.2) is 67.9 Å². The average Bonchev–Trinajstić information content (AvgIpc) is 2.73. The molecule has 1 unspecified atom stereocenters. The predicted molar refractivity (Wildman–Crippen MR) is 132 cm³/mol. The van der Waals surface area contributed by atoms with Crippen molar-refractivity contribution in [1.29, 1.82) is 0 Å². The summed E-state index contributed by atoms with van der Waals surface area (Å²) in [6.07, 6.45) is 9.01. The first-order chi connectivity index (χ1) is 16.0. The van der Waals surface area contributed by atoms with E-state index in [1.165, 1.54) is 0 Å². The zero-order valence-electron chi connectivity index (χ0n) is 21.5. The van der Waals surface area contributed by atoms with Crippen LogP contribution in [0.15, 0.2) is 0 Å². The topological polar surface area (TPSA) is 173 Å². The van der Waals surface area contributed by atoms with Gasteiger partial charge in [-0.2, -0.15) is 0 Å². The maximum atomic E-state index is 10.8.